The van der Waals surface area contributed by atoms with Crippen LogP contribution in [0.2, 0.25) is 0 Å². The first-order chi connectivity index (χ1) is 13.2. The number of aryl methyl sites for hydroxylation is 1. The lowest BCUT2D eigenvalue weighted by Gasteiger charge is -2.31. The number of halogens is 3. The van der Waals surface area contributed by atoms with Gasteiger partial charge in [-0.3, -0.25) is 14.5 Å². The van der Waals surface area contributed by atoms with E-state index in [9.17, 15) is 27.6 Å². The average molecular weight is 396 g/mol. The molecule has 10 heteroatoms. The first-order valence-corrected chi connectivity index (χ1v) is 8.18. The molecule has 2 amide bonds. The normalized spacial score (nSPS) is 16.8. The van der Waals surface area contributed by atoms with E-state index in [1.807, 2.05) is 0 Å². The maximum atomic E-state index is 13.6. The van der Waals surface area contributed by atoms with Crippen LogP contribution in [0.1, 0.15) is 22.7 Å². The van der Waals surface area contributed by atoms with Gasteiger partial charge < -0.3 is 14.5 Å². The molecule has 7 nitrogen and oxygen atoms in total. The summed E-state index contributed by atoms with van der Waals surface area (Å²) in [4.78, 5) is 36.8. The van der Waals surface area contributed by atoms with Crippen molar-refractivity contribution in [1.29, 1.82) is 0 Å². The standard InChI is InChI=1S/C18H15F3N2O5/c1-10-6-7-13(28-10)17(26)27-9-16(25)23-12-5-3-2-4-11(12)22-15(24)8-14(23)18(19,20)21/h2-7,14H,8-9H2,1H3,(H,22,24). The molecule has 0 saturated carbocycles. The summed E-state index contributed by atoms with van der Waals surface area (Å²) in [6.07, 6.45) is -5.85. The number of benzene rings is 1. The monoisotopic (exact) mass is 396 g/mol. The number of alkyl halides is 3. The molecule has 1 aliphatic rings. The van der Waals surface area contributed by atoms with Crippen LogP contribution < -0.4 is 10.2 Å². The van der Waals surface area contributed by atoms with Gasteiger partial charge in [-0.1, -0.05) is 12.1 Å². The molecule has 0 aliphatic carbocycles. The zero-order valence-electron chi connectivity index (χ0n) is 14.6. The van der Waals surface area contributed by atoms with Gasteiger partial charge in [-0.05, 0) is 31.2 Å². The largest absolute Gasteiger partial charge is 0.454 e. The van der Waals surface area contributed by atoms with Crippen LogP contribution in [0.25, 0.3) is 0 Å². The van der Waals surface area contributed by atoms with Crippen molar-refractivity contribution >= 4 is 29.2 Å². The fraction of sp³-hybridized carbons (Fsp3) is 0.278. The van der Waals surface area contributed by atoms with Crippen LogP contribution in [-0.2, 0) is 14.3 Å². The summed E-state index contributed by atoms with van der Waals surface area (Å²) >= 11 is 0. The molecule has 0 saturated heterocycles. The van der Waals surface area contributed by atoms with Gasteiger partial charge >= 0.3 is 12.1 Å². The summed E-state index contributed by atoms with van der Waals surface area (Å²) in [5, 5.41) is 2.35. The fourth-order valence-electron chi connectivity index (χ4n) is 2.81. The minimum atomic E-state index is -4.87. The second-order valence-corrected chi connectivity index (χ2v) is 6.08. The Hall–Kier alpha value is -3.30. The van der Waals surface area contributed by atoms with E-state index in [-0.39, 0.29) is 17.1 Å². The highest BCUT2D eigenvalue weighted by atomic mass is 19.4. The Labute approximate surface area is 157 Å². The molecule has 1 unspecified atom stereocenters. The first-order valence-electron chi connectivity index (χ1n) is 8.18. The van der Waals surface area contributed by atoms with Crippen molar-refractivity contribution in [3.63, 3.8) is 0 Å². The number of hydrogen-bond donors (Lipinski definition) is 1. The molecule has 2 heterocycles. The minimum Gasteiger partial charge on any atom is -0.454 e. The highest BCUT2D eigenvalue weighted by molar-refractivity contribution is 6.05. The Kier molecular flexibility index (Phi) is 5.12. The van der Waals surface area contributed by atoms with E-state index in [0.29, 0.717) is 10.7 Å². The number of carbonyl (C=O) groups is 3. The summed E-state index contributed by atoms with van der Waals surface area (Å²) in [6.45, 7) is 0.641. The predicted molar refractivity (Wildman–Crippen MR) is 90.7 cm³/mol. The van der Waals surface area contributed by atoms with Crippen LogP contribution >= 0.6 is 0 Å². The quantitative estimate of drug-likeness (QED) is 0.806. The molecule has 1 atom stereocenters. The number of fused-ring (bicyclic) bond motifs is 1. The number of anilines is 2. The smallest absolute Gasteiger partial charge is 0.409 e. The van der Waals surface area contributed by atoms with Gasteiger partial charge in [0.1, 0.15) is 11.8 Å². The Balaban J connectivity index is 1.87. The molecule has 1 N–H and O–H groups in total. The van der Waals surface area contributed by atoms with Gasteiger partial charge in [0.15, 0.2) is 6.61 Å². The molecule has 148 valence electrons. The third kappa shape index (κ3) is 4.00. The summed E-state index contributed by atoms with van der Waals surface area (Å²) in [5.41, 5.74) is -0.0776. The molecule has 3 rings (SSSR count). The molecule has 1 aromatic carbocycles. The SMILES string of the molecule is Cc1ccc(C(=O)OCC(=O)N2c3ccccc3NC(=O)CC2C(F)(F)F)o1. The van der Waals surface area contributed by atoms with Crippen LogP contribution in [0.3, 0.4) is 0 Å². The number of hydrogen-bond acceptors (Lipinski definition) is 5. The van der Waals surface area contributed by atoms with Gasteiger partial charge in [-0.15, -0.1) is 0 Å². The molecule has 2 aromatic rings. The lowest BCUT2D eigenvalue weighted by Crippen LogP contribution is -2.51. The van der Waals surface area contributed by atoms with Crippen LogP contribution in [-0.4, -0.2) is 36.6 Å². The van der Waals surface area contributed by atoms with Crippen molar-refractivity contribution < 1.29 is 36.7 Å². The number of amides is 2. The van der Waals surface area contributed by atoms with Crippen molar-refractivity contribution in [2.75, 3.05) is 16.8 Å². The Bertz CT molecular complexity index is 922. The average Bonchev–Trinajstić information content (AvgIpc) is 2.99. The second-order valence-electron chi connectivity index (χ2n) is 6.08. The third-order valence-corrected chi connectivity index (χ3v) is 4.04. The topological polar surface area (TPSA) is 88.9 Å². The number of furan rings is 1. The molecule has 1 aromatic heterocycles. The van der Waals surface area contributed by atoms with Crippen molar-refractivity contribution in [1.82, 2.24) is 0 Å². The van der Waals surface area contributed by atoms with Gasteiger partial charge in [-0.2, -0.15) is 13.2 Å². The Morgan fingerprint density at radius 2 is 1.96 bits per heavy atom. The number of esters is 1. The highest BCUT2D eigenvalue weighted by Gasteiger charge is 2.49. The van der Waals surface area contributed by atoms with Crippen LogP contribution in [0, 0.1) is 6.92 Å². The molecule has 0 radical (unpaired) electrons. The van der Waals surface area contributed by atoms with E-state index in [4.69, 9.17) is 9.15 Å². The Morgan fingerprint density at radius 1 is 1.25 bits per heavy atom. The summed E-state index contributed by atoms with van der Waals surface area (Å²) in [5.74, 6) is -2.73. The zero-order valence-corrected chi connectivity index (χ0v) is 14.6. The summed E-state index contributed by atoms with van der Waals surface area (Å²) in [6, 6.07) is 6.02. The lowest BCUT2D eigenvalue weighted by atomic mass is 10.1. The van der Waals surface area contributed by atoms with E-state index in [2.05, 4.69) is 5.32 Å². The van der Waals surface area contributed by atoms with E-state index < -0.39 is 43.0 Å². The van der Waals surface area contributed by atoms with Gasteiger partial charge in [-0.25, -0.2) is 4.79 Å². The minimum absolute atomic E-state index is 0.0561. The van der Waals surface area contributed by atoms with E-state index in [0.717, 1.165) is 0 Å². The second kappa shape index (κ2) is 7.37. The molecule has 0 spiro atoms. The van der Waals surface area contributed by atoms with Gasteiger partial charge in [0.05, 0.1) is 17.8 Å². The predicted octanol–water partition coefficient (Wildman–Crippen LogP) is 3.05. The number of para-hydroxylation sites is 2. The molecule has 1 aliphatic heterocycles. The summed E-state index contributed by atoms with van der Waals surface area (Å²) in [7, 11) is 0. The zero-order chi connectivity index (χ0) is 20.5. The molecule has 28 heavy (non-hydrogen) atoms. The molecular formula is C18H15F3N2O5. The van der Waals surface area contributed by atoms with E-state index in [1.54, 1.807) is 6.92 Å². The summed E-state index contributed by atoms with van der Waals surface area (Å²) < 4.78 is 50.6. The van der Waals surface area contributed by atoms with Gasteiger partial charge in [0, 0.05) is 0 Å². The maximum absolute atomic E-state index is 13.6. The fourth-order valence-corrected chi connectivity index (χ4v) is 2.81. The Morgan fingerprint density at radius 3 is 2.61 bits per heavy atom. The first kappa shape index (κ1) is 19.5. The van der Waals surface area contributed by atoms with Crippen molar-refractivity contribution in [2.45, 2.75) is 25.6 Å². The molecule has 0 fully saturated rings. The highest BCUT2D eigenvalue weighted by Crippen LogP contribution is 2.37. The van der Waals surface area contributed by atoms with Crippen molar-refractivity contribution in [2.24, 2.45) is 0 Å². The molecule has 0 bridgehead atoms. The van der Waals surface area contributed by atoms with E-state index in [1.165, 1.54) is 36.4 Å². The van der Waals surface area contributed by atoms with Crippen molar-refractivity contribution in [3.8, 4) is 0 Å². The van der Waals surface area contributed by atoms with Crippen LogP contribution in [0.15, 0.2) is 40.8 Å². The van der Waals surface area contributed by atoms with Crippen LogP contribution in [0.4, 0.5) is 24.5 Å². The van der Waals surface area contributed by atoms with Crippen LogP contribution in [0.5, 0.6) is 0 Å². The van der Waals surface area contributed by atoms with Crippen molar-refractivity contribution in [3.05, 3.63) is 47.9 Å². The number of ether oxygens (including phenoxy) is 1. The third-order valence-electron chi connectivity index (χ3n) is 4.04. The molecular weight excluding hydrogens is 381 g/mol. The number of nitrogens with zero attached hydrogens (tertiary/aromatic N) is 1. The number of nitrogens with one attached hydrogen (secondary N) is 1. The maximum Gasteiger partial charge on any atom is 0.409 e. The van der Waals surface area contributed by atoms with Gasteiger partial charge in [0.25, 0.3) is 5.91 Å². The number of rotatable bonds is 3. The number of carbonyl (C=O) groups excluding carboxylic acids is 3. The van der Waals surface area contributed by atoms with E-state index >= 15 is 0 Å². The lowest BCUT2D eigenvalue weighted by molar-refractivity contribution is -0.158. The van der Waals surface area contributed by atoms with Gasteiger partial charge in [0.2, 0.25) is 11.7 Å².